The third-order valence-electron chi connectivity index (χ3n) is 4.57. The molecule has 0 spiro atoms. The molecular formula is C21H27NO. The highest BCUT2D eigenvalue weighted by Gasteiger charge is 2.34. The molecule has 0 bridgehead atoms. The summed E-state index contributed by atoms with van der Waals surface area (Å²) >= 11 is 0. The van der Waals surface area contributed by atoms with Crippen molar-refractivity contribution in [1.82, 2.24) is 4.90 Å². The molecule has 0 amide bonds. The fraction of sp³-hybridized carbons (Fsp3) is 0.429. The largest absolute Gasteiger partial charge is 0.376 e. The minimum atomic E-state index is 0.341. The SMILES string of the molecule is CCCCCOC1CN(C(c2ccccc2)c2ccccc2)C1. The second-order valence-corrected chi connectivity index (χ2v) is 6.38. The van der Waals surface area contributed by atoms with E-state index in [4.69, 9.17) is 4.74 Å². The standard InChI is InChI=1S/C21H27NO/c1-2-3-10-15-23-20-16-22(17-20)21(18-11-6-4-7-12-18)19-13-8-5-9-14-19/h4-9,11-14,20-21H,2-3,10,15-17H2,1H3. The first kappa shape index (κ1) is 16.2. The van der Waals surface area contributed by atoms with Crippen LogP contribution in [0.1, 0.15) is 43.4 Å². The third-order valence-corrected chi connectivity index (χ3v) is 4.57. The van der Waals surface area contributed by atoms with Crippen molar-refractivity contribution in [3.63, 3.8) is 0 Å². The van der Waals surface area contributed by atoms with Crippen molar-refractivity contribution in [1.29, 1.82) is 0 Å². The molecule has 2 nitrogen and oxygen atoms in total. The summed E-state index contributed by atoms with van der Waals surface area (Å²) in [4.78, 5) is 2.52. The van der Waals surface area contributed by atoms with E-state index in [9.17, 15) is 0 Å². The molecule has 0 atom stereocenters. The van der Waals surface area contributed by atoms with Crippen LogP contribution in [0.25, 0.3) is 0 Å². The minimum Gasteiger partial charge on any atom is -0.376 e. The van der Waals surface area contributed by atoms with E-state index in [-0.39, 0.29) is 0 Å². The lowest BCUT2D eigenvalue weighted by Gasteiger charge is -2.44. The lowest BCUT2D eigenvalue weighted by molar-refractivity contribution is -0.0672. The summed E-state index contributed by atoms with van der Waals surface area (Å²) in [5.74, 6) is 0. The van der Waals surface area contributed by atoms with Crippen LogP contribution in [-0.2, 0) is 4.74 Å². The van der Waals surface area contributed by atoms with Crippen LogP contribution in [-0.4, -0.2) is 30.7 Å². The van der Waals surface area contributed by atoms with Gasteiger partial charge in [0, 0.05) is 19.7 Å². The second kappa shape index (κ2) is 8.28. The molecule has 3 rings (SSSR count). The first-order valence-corrected chi connectivity index (χ1v) is 8.84. The summed E-state index contributed by atoms with van der Waals surface area (Å²) in [7, 11) is 0. The quantitative estimate of drug-likeness (QED) is 0.657. The number of benzene rings is 2. The van der Waals surface area contributed by atoms with Crippen LogP contribution in [0, 0.1) is 0 Å². The van der Waals surface area contributed by atoms with Crippen LogP contribution in [0.15, 0.2) is 60.7 Å². The summed E-state index contributed by atoms with van der Waals surface area (Å²) in [6.45, 7) is 5.20. The van der Waals surface area contributed by atoms with E-state index >= 15 is 0 Å². The highest BCUT2D eigenvalue weighted by atomic mass is 16.5. The summed E-state index contributed by atoms with van der Waals surface area (Å²) in [6.07, 6.45) is 4.12. The molecule has 0 radical (unpaired) electrons. The highest BCUT2D eigenvalue weighted by Crippen LogP contribution is 2.32. The molecule has 1 saturated heterocycles. The molecule has 1 aliphatic heterocycles. The van der Waals surface area contributed by atoms with E-state index in [1.807, 2.05) is 0 Å². The van der Waals surface area contributed by atoms with E-state index < -0.39 is 0 Å². The smallest absolute Gasteiger partial charge is 0.0829 e. The molecule has 1 fully saturated rings. The van der Waals surface area contributed by atoms with Crippen LogP contribution >= 0.6 is 0 Å². The maximum Gasteiger partial charge on any atom is 0.0829 e. The number of unbranched alkanes of at least 4 members (excludes halogenated alkanes) is 2. The van der Waals surface area contributed by atoms with Crippen molar-refractivity contribution >= 4 is 0 Å². The van der Waals surface area contributed by atoms with Gasteiger partial charge in [-0.25, -0.2) is 0 Å². The Labute approximate surface area is 140 Å². The molecule has 2 aromatic carbocycles. The molecule has 0 unspecified atom stereocenters. The van der Waals surface area contributed by atoms with Crippen LogP contribution < -0.4 is 0 Å². The topological polar surface area (TPSA) is 12.5 Å². The number of nitrogens with zero attached hydrogens (tertiary/aromatic N) is 1. The van der Waals surface area contributed by atoms with Gasteiger partial charge in [-0.3, -0.25) is 4.90 Å². The summed E-state index contributed by atoms with van der Waals surface area (Å²) in [5, 5.41) is 0. The molecule has 1 aliphatic rings. The number of hydrogen-bond donors (Lipinski definition) is 0. The second-order valence-electron chi connectivity index (χ2n) is 6.38. The van der Waals surface area contributed by atoms with Crippen LogP contribution in [0.3, 0.4) is 0 Å². The Morgan fingerprint density at radius 3 is 2.00 bits per heavy atom. The molecule has 1 heterocycles. The molecule has 0 N–H and O–H groups in total. The van der Waals surface area contributed by atoms with Gasteiger partial charge in [0.2, 0.25) is 0 Å². The normalized spacial score (nSPS) is 15.7. The first-order chi connectivity index (χ1) is 11.4. The van der Waals surface area contributed by atoms with Crippen molar-refractivity contribution in [2.75, 3.05) is 19.7 Å². The first-order valence-electron chi connectivity index (χ1n) is 8.84. The van der Waals surface area contributed by atoms with Gasteiger partial charge in [-0.05, 0) is 17.5 Å². The average molecular weight is 309 g/mol. The lowest BCUT2D eigenvalue weighted by Crippen LogP contribution is -2.53. The van der Waals surface area contributed by atoms with E-state index in [0.717, 1.165) is 19.7 Å². The van der Waals surface area contributed by atoms with E-state index in [1.54, 1.807) is 0 Å². The van der Waals surface area contributed by atoms with Crippen LogP contribution in [0.4, 0.5) is 0 Å². The van der Waals surface area contributed by atoms with Gasteiger partial charge in [0.05, 0.1) is 12.1 Å². The number of rotatable bonds is 8. The van der Waals surface area contributed by atoms with E-state index in [0.29, 0.717) is 12.1 Å². The molecule has 0 saturated carbocycles. The van der Waals surface area contributed by atoms with E-state index in [1.165, 1.54) is 30.4 Å². The zero-order valence-electron chi connectivity index (χ0n) is 14.0. The fourth-order valence-electron chi connectivity index (χ4n) is 3.27. The van der Waals surface area contributed by atoms with Gasteiger partial charge in [-0.1, -0.05) is 80.4 Å². The van der Waals surface area contributed by atoms with Crippen LogP contribution in [0.2, 0.25) is 0 Å². The molecule has 0 aromatic heterocycles. The maximum atomic E-state index is 5.99. The van der Waals surface area contributed by atoms with E-state index in [2.05, 4.69) is 72.5 Å². The molecule has 0 aliphatic carbocycles. The summed E-state index contributed by atoms with van der Waals surface area (Å²) < 4.78 is 5.99. The molecule has 2 heteroatoms. The van der Waals surface area contributed by atoms with Crippen LogP contribution in [0.5, 0.6) is 0 Å². The minimum absolute atomic E-state index is 0.341. The Morgan fingerprint density at radius 2 is 1.48 bits per heavy atom. The monoisotopic (exact) mass is 309 g/mol. The van der Waals surface area contributed by atoms with Gasteiger partial charge in [0.15, 0.2) is 0 Å². The summed E-state index contributed by atoms with van der Waals surface area (Å²) in [5.41, 5.74) is 2.73. The van der Waals surface area contributed by atoms with Gasteiger partial charge in [-0.2, -0.15) is 0 Å². The zero-order valence-corrected chi connectivity index (χ0v) is 14.0. The zero-order chi connectivity index (χ0) is 15.9. The van der Waals surface area contributed by atoms with Crippen molar-refractivity contribution < 1.29 is 4.74 Å². The van der Waals surface area contributed by atoms with Crippen molar-refractivity contribution in [3.05, 3.63) is 71.8 Å². The maximum absolute atomic E-state index is 5.99. The van der Waals surface area contributed by atoms with Crippen molar-refractivity contribution in [2.24, 2.45) is 0 Å². The predicted octanol–water partition coefficient (Wildman–Crippen LogP) is 4.67. The Kier molecular flexibility index (Phi) is 5.84. The Bertz CT molecular complexity index is 523. The lowest BCUT2D eigenvalue weighted by atomic mass is 9.94. The number of hydrogen-bond acceptors (Lipinski definition) is 2. The van der Waals surface area contributed by atoms with Gasteiger partial charge in [-0.15, -0.1) is 0 Å². The van der Waals surface area contributed by atoms with Gasteiger partial charge in [0.1, 0.15) is 0 Å². The van der Waals surface area contributed by atoms with Crippen molar-refractivity contribution in [3.8, 4) is 0 Å². The van der Waals surface area contributed by atoms with Gasteiger partial charge >= 0.3 is 0 Å². The average Bonchev–Trinajstić information content (AvgIpc) is 2.57. The number of likely N-dealkylation sites (tertiary alicyclic amines) is 1. The summed E-state index contributed by atoms with van der Waals surface area (Å²) in [6, 6.07) is 21.9. The highest BCUT2D eigenvalue weighted by molar-refractivity contribution is 5.32. The molecule has 23 heavy (non-hydrogen) atoms. The molecule has 2 aromatic rings. The predicted molar refractivity (Wildman–Crippen MR) is 95.6 cm³/mol. The Hall–Kier alpha value is -1.64. The Morgan fingerprint density at radius 1 is 0.913 bits per heavy atom. The molecule has 122 valence electrons. The number of ether oxygens (including phenoxy) is 1. The fourth-order valence-corrected chi connectivity index (χ4v) is 3.27. The molecular weight excluding hydrogens is 282 g/mol. The Balaban J connectivity index is 1.63. The van der Waals surface area contributed by atoms with Gasteiger partial charge < -0.3 is 4.74 Å². The van der Waals surface area contributed by atoms with Crippen molar-refractivity contribution in [2.45, 2.75) is 38.3 Å². The van der Waals surface area contributed by atoms with Gasteiger partial charge in [0.25, 0.3) is 0 Å². The third kappa shape index (κ3) is 4.21.